The second-order valence-electron chi connectivity index (χ2n) is 16.2. The quantitative estimate of drug-likeness (QED) is 0.0929. The van der Waals surface area contributed by atoms with Crippen molar-refractivity contribution in [3.05, 3.63) is 120 Å². The number of ether oxygens (including phenoxy) is 3. The molecule has 0 radical (unpaired) electrons. The molecule has 0 saturated carbocycles. The van der Waals surface area contributed by atoms with E-state index >= 15 is 0 Å². The van der Waals surface area contributed by atoms with Crippen molar-refractivity contribution in [3.63, 3.8) is 0 Å². The molecule has 0 unspecified atom stereocenters. The molecule has 4 aromatic heterocycles. The van der Waals surface area contributed by atoms with E-state index in [4.69, 9.17) is 14.2 Å². The first kappa shape index (κ1) is 55.8. The van der Waals surface area contributed by atoms with Crippen LogP contribution in [0.25, 0.3) is 56.5 Å². The lowest BCUT2D eigenvalue weighted by molar-refractivity contribution is -0.140. The lowest BCUT2D eigenvalue weighted by Crippen LogP contribution is -2.28. The Morgan fingerprint density at radius 1 is 0.608 bits per heavy atom. The number of rotatable bonds is 9. The third kappa shape index (κ3) is 13.5. The second kappa shape index (κ2) is 24.1. The Bertz CT molecular complexity index is 3210. The van der Waals surface area contributed by atoms with E-state index in [9.17, 15) is 40.2 Å². The van der Waals surface area contributed by atoms with Gasteiger partial charge in [-0.05, 0) is 98.5 Å². The zero-order chi connectivity index (χ0) is 52.0. The van der Waals surface area contributed by atoms with Crippen molar-refractivity contribution < 1.29 is 54.4 Å². The number of anilines is 2. The number of nitrogens with zero attached hydrogens (tertiary/aromatic N) is 8. The van der Waals surface area contributed by atoms with E-state index in [-0.39, 0.29) is 51.2 Å². The minimum absolute atomic E-state index is 0. The van der Waals surface area contributed by atoms with Crippen LogP contribution in [-0.4, -0.2) is 93.0 Å². The molecule has 74 heavy (non-hydrogen) atoms. The van der Waals surface area contributed by atoms with Gasteiger partial charge in [-0.25, -0.2) is 28.7 Å². The minimum Gasteiger partial charge on any atom is -0.508 e. The topological polar surface area (TPSA) is 159 Å². The maximum Gasteiger partial charge on any atom is 0.419 e. The van der Waals surface area contributed by atoms with Crippen molar-refractivity contribution in [1.82, 2.24) is 39.0 Å². The Labute approximate surface area is 443 Å². The number of phenolic OH excluding ortho intramolecular Hbond substituents is 1. The lowest BCUT2D eigenvalue weighted by atomic mass is 10.1. The van der Waals surface area contributed by atoms with E-state index in [0.29, 0.717) is 77.8 Å². The van der Waals surface area contributed by atoms with Gasteiger partial charge in [0.2, 0.25) is 11.9 Å². The molecule has 8 aromatic rings. The van der Waals surface area contributed by atoms with Crippen LogP contribution in [0.5, 0.6) is 11.5 Å². The molecule has 14 nitrogen and oxygen atoms in total. The van der Waals surface area contributed by atoms with Crippen LogP contribution in [0.4, 0.5) is 47.0 Å². The Hall–Kier alpha value is -5.96. The number of benzene rings is 4. The Morgan fingerprint density at radius 3 is 1.45 bits per heavy atom. The summed E-state index contributed by atoms with van der Waals surface area (Å²) >= 11 is 9.31. The molecule has 2 aliphatic rings. The van der Waals surface area contributed by atoms with Gasteiger partial charge in [0, 0.05) is 74.2 Å². The van der Waals surface area contributed by atoms with Crippen LogP contribution >= 0.6 is 47.3 Å². The van der Waals surface area contributed by atoms with Gasteiger partial charge in [0.25, 0.3) is 0 Å². The Balaban J connectivity index is 0.000000199. The first-order chi connectivity index (χ1) is 34.9. The molecule has 0 aliphatic carbocycles. The first-order valence-corrected chi connectivity index (χ1v) is 24.9. The molecule has 0 amide bonds. The van der Waals surface area contributed by atoms with Crippen molar-refractivity contribution in [3.8, 4) is 45.9 Å². The number of imidazole rings is 2. The van der Waals surface area contributed by atoms with Gasteiger partial charge < -0.3 is 30.0 Å². The van der Waals surface area contributed by atoms with E-state index in [1.165, 1.54) is 37.6 Å². The lowest BCUT2D eigenvalue weighted by Gasteiger charge is -2.23. The third-order valence-corrected chi connectivity index (χ3v) is 11.4. The van der Waals surface area contributed by atoms with Crippen molar-refractivity contribution in [2.24, 2.45) is 0 Å². The minimum atomic E-state index is -4.87. The van der Waals surface area contributed by atoms with Crippen LogP contribution in [0.15, 0.2) is 97.3 Å². The highest BCUT2D eigenvalue weighted by molar-refractivity contribution is 9.69. The Kier molecular flexibility index (Phi) is 18.2. The molecule has 0 spiro atoms. The average molecular weight is 1230 g/mol. The number of phenols is 1. The van der Waals surface area contributed by atoms with Gasteiger partial charge in [-0.3, -0.25) is 9.13 Å². The van der Waals surface area contributed by atoms with Crippen LogP contribution in [-0.2, 0) is 21.8 Å². The van der Waals surface area contributed by atoms with Crippen molar-refractivity contribution in [1.29, 1.82) is 0 Å². The number of hydrogen-bond donors (Lipinski definition) is 3. The molecule has 10 rings (SSSR count). The van der Waals surface area contributed by atoms with Gasteiger partial charge in [-0.1, -0.05) is 7.43 Å². The molecule has 2 fully saturated rings. The fourth-order valence-corrected chi connectivity index (χ4v) is 8.01. The molecule has 3 N–H and O–H groups in total. The average Bonchev–Trinajstić information content (AvgIpc) is 3.93. The van der Waals surface area contributed by atoms with Crippen molar-refractivity contribution >= 4 is 84.4 Å². The summed E-state index contributed by atoms with van der Waals surface area (Å²) in [6, 6.07) is 18.6. The van der Waals surface area contributed by atoms with Gasteiger partial charge in [-0.2, -0.15) is 36.3 Å². The number of halogens is 11. The van der Waals surface area contributed by atoms with Crippen LogP contribution in [0.1, 0.15) is 44.2 Å². The molecule has 2 aliphatic heterocycles. The molecule has 4 aromatic carbocycles. The molecule has 390 valence electrons. The molecule has 0 bridgehead atoms. The molecule has 2 saturated heterocycles. The van der Waals surface area contributed by atoms with Gasteiger partial charge in [0.05, 0.1) is 40.3 Å². The van der Waals surface area contributed by atoms with Crippen LogP contribution in [0.2, 0.25) is 0 Å². The van der Waals surface area contributed by atoms with Gasteiger partial charge in [0.1, 0.15) is 46.4 Å². The van der Waals surface area contributed by atoms with Crippen molar-refractivity contribution in [2.75, 3.05) is 44.2 Å². The van der Waals surface area contributed by atoms with Crippen molar-refractivity contribution in [2.45, 2.75) is 57.5 Å². The summed E-state index contributed by atoms with van der Waals surface area (Å²) < 4.78 is 128. The SMILES string of the molecule is BrB(Br)Br.C.COc1ccc2c(c1)nc(-c1ccc(F)c(C(F)(F)F)c1)n2-c1ccnc(NC2CCOCC2)n1.Oc1ccc2c(c1)nc(-c1ccc(F)c(C(F)(F)F)c1)n2-c1ccnc(NC2CCOCC2)n1. The number of alkyl halides is 6. The molecule has 26 heteroatoms. The summed E-state index contributed by atoms with van der Waals surface area (Å²) in [6.45, 7) is 2.54. The third-order valence-electron chi connectivity index (χ3n) is 11.4. The standard InChI is InChI=1S/C24H21F4N5O2.C23H19F4N5O2.CH4.BBr3/c1-34-16-3-5-20-19(13-16)31-22(14-2-4-18(25)17(12-14)24(26,27)28)33(20)21-6-9-29-23(32-21)30-15-7-10-35-11-8-15;24-17-3-1-13(11-16(17)23(25,26)27)21-30-18-12-15(33)2-4-19(18)32(21)20-5-8-28-22(31-20)29-14-6-9-34-10-7-14;;2-1(3)4/h2-6,9,12-13,15H,7-8,10-11H2,1H3,(H,29,30,32);1-5,8,11-12,14,33H,6-7,9-10H2,(H,28,29,31);1H4;. The van der Waals surface area contributed by atoms with Crippen LogP contribution in [0.3, 0.4) is 0 Å². The predicted molar refractivity (Wildman–Crippen MR) is 277 cm³/mol. The summed E-state index contributed by atoms with van der Waals surface area (Å²) in [5, 5.41) is 16.4. The van der Waals surface area contributed by atoms with Gasteiger partial charge in [0.15, 0.2) is 0 Å². The molecule has 6 heterocycles. The number of hydrogen-bond acceptors (Lipinski definition) is 12. The first-order valence-electron chi connectivity index (χ1n) is 22.2. The number of methoxy groups -OCH3 is 1. The molecule has 0 atom stereocenters. The highest BCUT2D eigenvalue weighted by Crippen LogP contribution is 2.38. The van der Waals surface area contributed by atoms with E-state index < -0.39 is 35.1 Å². The smallest absolute Gasteiger partial charge is 0.419 e. The van der Waals surface area contributed by atoms with Crippen LogP contribution in [0, 0.1) is 11.6 Å². The maximum atomic E-state index is 14.0. The van der Waals surface area contributed by atoms with Gasteiger partial charge in [-0.15, -0.1) is 47.3 Å². The Morgan fingerprint density at radius 2 is 1.03 bits per heavy atom. The summed E-state index contributed by atoms with van der Waals surface area (Å²) in [4.78, 5) is 26.7. The number of aromatic nitrogens is 8. The molecular formula is C48H44BBr3F8N10O4. The van der Waals surface area contributed by atoms with Crippen LogP contribution < -0.4 is 15.4 Å². The summed E-state index contributed by atoms with van der Waals surface area (Å²) in [7, 11) is 1.51. The number of nitrogens with one attached hydrogen (secondary N) is 2. The van der Waals surface area contributed by atoms with Gasteiger partial charge >= 0.3 is 15.5 Å². The number of fused-ring (bicyclic) bond motifs is 2. The fraction of sp³-hybridized carbons (Fsp3) is 0.292. The van der Waals surface area contributed by atoms with E-state index in [1.807, 2.05) is 0 Å². The predicted octanol–water partition coefficient (Wildman–Crippen LogP) is 13.0. The highest BCUT2D eigenvalue weighted by Gasteiger charge is 2.36. The van der Waals surface area contributed by atoms with E-state index in [0.717, 1.165) is 49.9 Å². The molecular weight excluding hydrogens is 1180 g/mol. The normalized spacial score (nSPS) is 14.3. The largest absolute Gasteiger partial charge is 0.508 e. The summed E-state index contributed by atoms with van der Waals surface area (Å²) in [5.41, 5.74) is -0.712. The van der Waals surface area contributed by atoms with E-state index in [1.54, 1.807) is 51.7 Å². The zero-order valence-electron chi connectivity index (χ0n) is 38.0. The summed E-state index contributed by atoms with van der Waals surface area (Å²) in [5.74, 6) is -0.470. The second-order valence-corrected chi connectivity index (χ2v) is 22.7. The zero-order valence-corrected chi connectivity index (χ0v) is 42.8. The maximum absolute atomic E-state index is 14.0. The monoisotopic (exact) mass is 1220 g/mol. The highest BCUT2D eigenvalue weighted by atomic mass is 79.9. The fourth-order valence-electron chi connectivity index (χ4n) is 8.01. The summed E-state index contributed by atoms with van der Waals surface area (Å²) in [6.07, 6.45) is -3.42. The number of aromatic hydroxyl groups is 1. The van der Waals surface area contributed by atoms with E-state index in [2.05, 4.69) is 87.8 Å².